The lowest BCUT2D eigenvalue weighted by molar-refractivity contribution is 0.267. The van der Waals surface area contributed by atoms with Crippen LogP contribution in [0.2, 0.25) is 0 Å². The molecule has 0 aliphatic carbocycles. The fourth-order valence-electron chi connectivity index (χ4n) is 3.12. The zero-order chi connectivity index (χ0) is 20.0. The normalized spacial score (nSPS) is 10.4. The van der Waals surface area contributed by atoms with E-state index in [-0.39, 0.29) is 12.4 Å². The lowest BCUT2D eigenvalue weighted by atomic mass is 10.1. The molecule has 0 saturated heterocycles. The molecule has 0 aliphatic heterocycles. The van der Waals surface area contributed by atoms with Gasteiger partial charge in [-0.05, 0) is 59.1 Å². The fourth-order valence-corrected chi connectivity index (χ4v) is 3.72. The Kier molecular flexibility index (Phi) is 13.9. The summed E-state index contributed by atoms with van der Waals surface area (Å²) in [6.07, 6.45) is 7.93. The highest BCUT2D eigenvalue weighted by Gasteiger charge is 2.12. The van der Waals surface area contributed by atoms with Gasteiger partial charge in [0.15, 0.2) is 11.5 Å². The first-order chi connectivity index (χ1) is 13.7. The van der Waals surface area contributed by atoms with E-state index in [1.807, 2.05) is 25.1 Å². The molecule has 0 fully saturated rings. The Morgan fingerprint density at radius 2 is 1.59 bits per heavy atom. The van der Waals surface area contributed by atoms with Crippen molar-refractivity contribution in [1.82, 2.24) is 5.32 Å². The van der Waals surface area contributed by atoms with Gasteiger partial charge in [-0.2, -0.15) is 0 Å². The Balaban J connectivity index is 0.00000420. The van der Waals surface area contributed by atoms with Crippen molar-refractivity contribution in [2.45, 2.75) is 65.5 Å². The molecule has 3 nitrogen and oxygen atoms in total. The van der Waals surface area contributed by atoms with Crippen molar-refractivity contribution in [3.05, 3.63) is 58.1 Å². The van der Waals surface area contributed by atoms with Gasteiger partial charge >= 0.3 is 0 Å². The van der Waals surface area contributed by atoms with Gasteiger partial charge in [0.05, 0.1) is 11.1 Å². The lowest BCUT2D eigenvalue weighted by Crippen LogP contribution is -2.15. The third-order valence-electron chi connectivity index (χ3n) is 4.63. The molecule has 0 spiro atoms. The Hall–Kier alpha value is -1.23. The van der Waals surface area contributed by atoms with Crippen LogP contribution in [0.1, 0.15) is 63.5 Å². The molecule has 2 aromatic carbocycles. The molecule has 162 valence electrons. The van der Waals surface area contributed by atoms with Crippen LogP contribution in [0.5, 0.6) is 11.5 Å². The molecule has 0 bridgehead atoms. The molecule has 5 heteroatoms. The average Bonchev–Trinajstić information content (AvgIpc) is 2.70. The van der Waals surface area contributed by atoms with E-state index in [4.69, 9.17) is 9.47 Å². The third-order valence-corrected chi connectivity index (χ3v) is 5.22. The van der Waals surface area contributed by atoms with E-state index in [2.05, 4.69) is 52.4 Å². The van der Waals surface area contributed by atoms with Crippen molar-refractivity contribution in [3.8, 4) is 11.5 Å². The highest BCUT2D eigenvalue weighted by atomic mass is 79.9. The van der Waals surface area contributed by atoms with Crippen molar-refractivity contribution in [2.75, 3.05) is 13.2 Å². The largest absolute Gasteiger partial charge is 0.490 e. The first kappa shape index (κ1) is 25.8. The lowest BCUT2D eigenvalue weighted by Gasteiger charge is -2.16. The van der Waals surface area contributed by atoms with E-state index >= 15 is 0 Å². The Bertz CT molecular complexity index is 682. The topological polar surface area (TPSA) is 30.5 Å². The van der Waals surface area contributed by atoms with Gasteiger partial charge in [-0.25, -0.2) is 0 Å². The summed E-state index contributed by atoms with van der Waals surface area (Å²) in [6, 6.07) is 14.4. The van der Waals surface area contributed by atoms with Crippen LogP contribution in [-0.4, -0.2) is 13.2 Å². The van der Waals surface area contributed by atoms with E-state index in [9.17, 15) is 0 Å². The number of halogens is 2. The standard InChI is InChI=1S/C24H34BrNO2.ClH/c1-3-5-6-7-8-12-15-26-18-21-16-22(25)24(23(17-21)27-4-2)28-19-20-13-10-9-11-14-20;/h9-11,13-14,16-17,26H,3-8,12,15,18-19H2,1-2H3;1H. The highest BCUT2D eigenvalue weighted by molar-refractivity contribution is 9.10. The van der Waals surface area contributed by atoms with Crippen LogP contribution in [0.4, 0.5) is 0 Å². The Morgan fingerprint density at radius 3 is 2.31 bits per heavy atom. The maximum absolute atomic E-state index is 6.06. The molecule has 0 heterocycles. The number of rotatable bonds is 14. The number of hydrogen-bond acceptors (Lipinski definition) is 3. The van der Waals surface area contributed by atoms with Crippen LogP contribution in [0.25, 0.3) is 0 Å². The van der Waals surface area contributed by atoms with Gasteiger partial charge in [0.2, 0.25) is 0 Å². The monoisotopic (exact) mass is 483 g/mol. The van der Waals surface area contributed by atoms with Gasteiger partial charge in [-0.3, -0.25) is 0 Å². The zero-order valence-corrected chi connectivity index (χ0v) is 20.1. The Morgan fingerprint density at radius 1 is 0.862 bits per heavy atom. The van der Waals surface area contributed by atoms with Gasteiger partial charge in [0.1, 0.15) is 6.61 Å². The first-order valence-corrected chi connectivity index (χ1v) is 11.4. The minimum absolute atomic E-state index is 0. The SMILES string of the molecule is CCCCCCCCNCc1cc(Br)c(OCc2ccccc2)c(OCC)c1.Cl. The summed E-state index contributed by atoms with van der Waals surface area (Å²) in [4.78, 5) is 0. The summed E-state index contributed by atoms with van der Waals surface area (Å²) in [6.45, 7) is 7.29. The van der Waals surface area contributed by atoms with Gasteiger partial charge in [0.25, 0.3) is 0 Å². The number of hydrogen-bond donors (Lipinski definition) is 1. The molecule has 0 atom stereocenters. The van der Waals surface area contributed by atoms with Crippen molar-refractivity contribution in [3.63, 3.8) is 0 Å². The van der Waals surface area contributed by atoms with Crippen molar-refractivity contribution >= 4 is 28.3 Å². The molecule has 0 saturated carbocycles. The number of benzene rings is 2. The van der Waals surface area contributed by atoms with Gasteiger partial charge < -0.3 is 14.8 Å². The first-order valence-electron chi connectivity index (χ1n) is 10.6. The molecule has 2 aromatic rings. The molecule has 0 aliphatic rings. The number of unbranched alkanes of at least 4 members (excludes halogenated alkanes) is 5. The van der Waals surface area contributed by atoms with Gasteiger partial charge in [-0.1, -0.05) is 69.4 Å². The maximum Gasteiger partial charge on any atom is 0.175 e. The maximum atomic E-state index is 6.06. The number of nitrogens with one attached hydrogen (secondary N) is 1. The molecule has 1 N–H and O–H groups in total. The number of ether oxygens (including phenoxy) is 2. The van der Waals surface area contributed by atoms with Crippen LogP contribution in [0, 0.1) is 0 Å². The van der Waals surface area contributed by atoms with E-state index in [0.717, 1.165) is 34.6 Å². The molecule has 2 rings (SSSR count). The van der Waals surface area contributed by atoms with Crippen molar-refractivity contribution in [1.29, 1.82) is 0 Å². The molecule has 0 unspecified atom stereocenters. The molecular weight excluding hydrogens is 450 g/mol. The van der Waals surface area contributed by atoms with Gasteiger partial charge in [0, 0.05) is 6.54 Å². The van der Waals surface area contributed by atoms with Crippen LogP contribution in [-0.2, 0) is 13.2 Å². The Labute approximate surface area is 191 Å². The van der Waals surface area contributed by atoms with E-state index in [1.165, 1.54) is 44.1 Å². The van der Waals surface area contributed by atoms with E-state index < -0.39 is 0 Å². The zero-order valence-electron chi connectivity index (χ0n) is 17.7. The van der Waals surface area contributed by atoms with Crippen molar-refractivity contribution < 1.29 is 9.47 Å². The van der Waals surface area contributed by atoms with Crippen LogP contribution in [0.3, 0.4) is 0 Å². The van der Waals surface area contributed by atoms with E-state index in [0.29, 0.717) is 13.2 Å². The quantitative estimate of drug-likeness (QED) is 0.285. The van der Waals surface area contributed by atoms with Gasteiger partial charge in [-0.15, -0.1) is 12.4 Å². The third kappa shape index (κ3) is 9.88. The molecule has 29 heavy (non-hydrogen) atoms. The van der Waals surface area contributed by atoms with Crippen LogP contribution < -0.4 is 14.8 Å². The summed E-state index contributed by atoms with van der Waals surface area (Å²) in [5, 5.41) is 3.55. The summed E-state index contributed by atoms with van der Waals surface area (Å²) in [5.41, 5.74) is 2.34. The van der Waals surface area contributed by atoms with Crippen LogP contribution >= 0.6 is 28.3 Å². The average molecular weight is 485 g/mol. The summed E-state index contributed by atoms with van der Waals surface area (Å²) < 4.78 is 12.8. The predicted octanol–water partition coefficient (Wildman–Crippen LogP) is 7.30. The van der Waals surface area contributed by atoms with Crippen LogP contribution in [0.15, 0.2) is 46.9 Å². The highest BCUT2D eigenvalue weighted by Crippen LogP contribution is 2.37. The van der Waals surface area contributed by atoms with Crippen molar-refractivity contribution in [2.24, 2.45) is 0 Å². The van der Waals surface area contributed by atoms with E-state index in [1.54, 1.807) is 0 Å². The summed E-state index contributed by atoms with van der Waals surface area (Å²) in [7, 11) is 0. The summed E-state index contributed by atoms with van der Waals surface area (Å²) in [5.74, 6) is 1.56. The molecule has 0 aromatic heterocycles. The second-order valence-electron chi connectivity index (χ2n) is 7.06. The minimum Gasteiger partial charge on any atom is -0.490 e. The summed E-state index contributed by atoms with van der Waals surface area (Å²) >= 11 is 3.67. The fraction of sp³-hybridized carbons (Fsp3) is 0.500. The molecule has 0 amide bonds. The molecule has 0 radical (unpaired) electrons. The minimum atomic E-state index is 0. The second kappa shape index (κ2) is 15.6. The predicted molar refractivity (Wildman–Crippen MR) is 128 cm³/mol. The smallest absolute Gasteiger partial charge is 0.175 e. The second-order valence-corrected chi connectivity index (χ2v) is 7.91. The molecular formula is C24H35BrClNO2.